The fourth-order valence-corrected chi connectivity index (χ4v) is 1.01. The molecule has 4 nitrogen and oxygen atoms in total. The van der Waals surface area contributed by atoms with Crippen molar-refractivity contribution in [3.8, 4) is 5.88 Å². The van der Waals surface area contributed by atoms with Crippen molar-refractivity contribution in [1.29, 1.82) is 0 Å². The SMILES string of the molecule is COc1ccc(N)c(C=CCCN)n1. The summed E-state index contributed by atoms with van der Waals surface area (Å²) in [5, 5.41) is 0. The van der Waals surface area contributed by atoms with Crippen molar-refractivity contribution in [2.24, 2.45) is 5.73 Å². The highest BCUT2D eigenvalue weighted by molar-refractivity contribution is 5.61. The lowest BCUT2D eigenvalue weighted by atomic mass is 10.2. The Bertz CT molecular complexity index is 323. The molecule has 0 aliphatic carbocycles. The van der Waals surface area contributed by atoms with Crippen LogP contribution in [0, 0.1) is 0 Å². The van der Waals surface area contributed by atoms with Gasteiger partial charge < -0.3 is 16.2 Å². The number of nitrogen functional groups attached to an aromatic ring is 1. The van der Waals surface area contributed by atoms with Crippen LogP contribution in [-0.4, -0.2) is 18.6 Å². The molecule has 4 heteroatoms. The summed E-state index contributed by atoms with van der Waals surface area (Å²) in [5.41, 5.74) is 12.4. The molecule has 0 amide bonds. The zero-order valence-electron chi connectivity index (χ0n) is 8.23. The second kappa shape index (κ2) is 5.24. The van der Waals surface area contributed by atoms with Gasteiger partial charge in [0.1, 0.15) is 0 Å². The molecular formula is C10H15N3O. The van der Waals surface area contributed by atoms with E-state index < -0.39 is 0 Å². The first-order valence-corrected chi connectivity index (χ1v) is 4.45. The lowest BCUT2D eigenvalue weighted by molar-refractivity contribution is 0.398. The first-order chi connectivity index (χ1) is 6.77. The maximum Gasteiger partial charge on any atom is 0.213 e. The van der Waals surface area contributed by atoms with Crippen LogP contribution in [-0.2, 0) is 0 Å². The number of anilines is 1. The molecule has 0 spiro atoms. The van der Waals surface area contributed by atoms with E-state index in [2.05, 4.69) is 4.98 Å². The fourth-order valence-electron chi connectivity index (χ4n) is 1.01. The van der Waals surface area contributed by atoms with Gasteiger partial charge in [0.15, 0.2) is 0 Å². The molecule has 0 unspecified atom stereocenters. The van der Waals surface area contributed by atoms with Crippen LogP contribution >= 0.6 is 0 Å². The van der Waals surface area contributed by atoms with Crippen LogP contribution in [0.4, 0.5) is 5.69 Å². The second-order valence-electron chi connectivity index (χ2n) is 2.81. The minimum Gasteiger partial charge on any atom is -0.481 e. The Kier molecular flexibility index (Phi) is 3.94. The van der Waals surface area contributed by atoms with Gasteiger partial charge in [0, 0.05) is 6.07 Å². The molecular weight excluding hydrogens is 178 g/mol. The van der Waals surface area contributed by atoms with Crippen molar-refractivity contribution in [2.75, 3.05) is 19.4 Å². The molecule has 1 aromatic rings. The standard InChI is InChI=1S/C10H15N3O/c1-14-10-6-5-8(12)9(13-10)4-2-3-7-11/h2,4-6H,3,7,11-12H2,1H3. The third-order valence-electron chi connectivity index (χ3n) is 1.75. The molecule has 0 bridgehead atoms. The fraction of sp³-hybridized carbons (Fsp3) is 0.300. The van der Waals surface area contributed by atoms with E-state index in [9.17, 15) is 0 Å². The van der Waals surface area contributed by atoms with Gasteiger partial charge in [-0.05, 0) is 25.1 Å². The Morgan fingerprint density at radius 1 is 1.50 bits per heavy atom. The van der Waals surface area contributed by atoms with E-state index in [0.29, 0.717) is 18.1 Å². The van der Waals surface area contributed by atoms with Crippen molar-refractivity contribution in [2.45, 2.75) is 6.42 Å². The molecule has 0 saturated carbocycles. The number of hydrogen-bond acceptors (Lipinski definition) is 4. The molecule has 1 aromatic heterocycles. The highest BCUT2D eigenvalue weighted by atomic mass is 16.5. The molecule has 4 N–H and O–H groups in total. The topological polar surface area (TPSA) is 74.2 Å². The Morgan fingerprint density at radius 3 is 2.93 bits per heavy atom. The summed E-state index contributed by atoms with van der Waals surface area (Å²) in [6, 6.07) is 3.50. The molecule has 0 aliphatic heterocycles. The molecule has 1 heterocycles. The zero-order chi connectivity index (χ0) is 10.4. The Labute approximate surface area is 83.6 Å². The highest BCUT2D eigenvalue weighted by Crippen LogP contribution is 2.15. The van der Waals surface area contributed by atoms with Crippen molar-refractivity contribution < 1.29 is 4.74 Å². The number of methoxy groups -OCH3 is 1. The summed E-state index contributed by atoms with van der Waals surface area (Å²) in [5.74, 6) is 0.562. The van der Waals surface area contributed by atoms with Gasteiger partial charge in [-0.2, -0.15) is 0 Å². The number of ether oxygens (including phenoxy) is 1. The molecule has 0 aliphatic rings. The Morgan fingerprint density at radius 2 is 2.29 bits per heavy atom. The van der Waals surface area contributed by atoms with Crippen LogP contribution in [0.25, 0.3) is 6.08 Å². The number of hydrogen-bond donors (Lipinski definition) is 2. The molecule has 0 atom stereocenters. The molecule has 0 aromatic carbocycles. The molecule has 0 radical (unpaired) electrons. The van der Waals surface area contributed by atoms with Crippen molar-refractivity contribution in [3.05, 3.63) is 23.9 Å². The summed E-state index contributed by atoms with van der Waals surface area (Å²) in [7, 11) is 1.58. The van der Waals surface area contributed by atoms with Gasteiger partial charge >= 0.3 is 0 Å². The highest BCUT2D eigenvalue weighted by Gasteiger charge is 1.98. The minimum atomic E-state index is 0.562. The molecule has 14 heavy (non-hydrogen) atoms. The number of pyridine rings is 1. The first-order valence-electron chi connectivity index (χ1n) is 4.45. The van der Waals surface area contributed by atoms with Crippen LogP contribution in [0.2, 0.25) is 0 Å². The van der Waals surface area contributed by atoms with E-state index in [0.717, 1.165) is 12.1 Å². The van der Waals surface area contributed by atoms with Gasteiger partial charge in [0.25, 0.3) is 0 Å². The molecule has 0 saturated heterocycles. The first kappa shape index (κ1) is 10.5. The van der Waals surface area contributed by atoms with Crippen LogP contribution in [0.5, 0.6) is 5.88 Å². The summed E-state index contributed by atoms with van der Waals surface area (Å²) in [4.78, 5) is 4.19. The third kappa shape index (κ3) is 2.74. The number of nitrogens with two attached hydrogens (primary N) is 2. The summed E-state index contributed by atoms with van der Waals surface area (Å²) in [6.07, 6.45) is 4.61. The predicted octanol–water partition coefficient (Wildman–Crippen LogP) is 1.03. The van der Waals surface area contributed by atoms with E-state index in [1.54, 1.807) is 19.2 Å². The van der Waals surface area contributed by atoms with Crippen LogP contribution in [0.1, 0.15) is 12.1 Å². The average Bonchev–Trinajstić information content (AvgIpc) is 2.21. The minimum absolute atomic E-state index is 0.562. The summed E-state index contributed by atoms with van der Waals surface area (Å²) < 4.78 is 4.99. The molecule has 76 valence electrons. The van der Waals surface area contributed by atoms with Gasteiger partial charge in [-0.1, -0.05) is 6.08 Å². The Balaban J connectivity index is 2.83. The van der Waals surface area contributed by atoms with E-state index >= 15 is 0 Å². The second-order valence-corrected chi connectivity index (χ2v) is 2.81. The van der Waals surface area contributed by atoms with Crippen molar-refractivity contribution >= 4 is 11.8 Å². The predicted molar refractivity (Wildman–Crippen MR) is 57.9 cm³/mol. The van der Waals surface area contributed by atoms with Gasteiger partial charge in [-0.3, -0.25) is 0 Å². The van der Waals surface area contributed by atoms with Crippen LogP contribution in [0.15, 0.2) is 18.2 Å². The molecule has 0 fully saturated rings. The maximum absolute atomic E-state index is 5.73. The quantitative estimate of drug-likeness (QED) is 0.749. The third-order valence-corrected chi connectivity index (χ3v) is 1.75. The smallest absolute Gasteiger partial charge is 0.213 e. The lowest BCUT2D eigenvalue weighted by Crippen LogP contribution is -1.97. The monoisotopic (exact) mass is 193 g/mol. The summed E-state index contributed by atoms with van der Waals surface area (Å²) in [6.45, 7) is 0.625. The van der Waals surface area contributed by atoms with Crippen molar-refractivity contribution in [3.63, 3.8) is 0 Å². The largest absolute Gasteiger partial charge is 0.481 e. The maximum atomic E-state index is 5.73. The summed E-state index contributed by atoms with van der Waals surface area (Å²) >= 11 is 0. The lowest BCUT2D eigenvalue weighted by Gasteiger charge is -2.02. The van der Waals surface area contributed by atoms with E-state index in [1.165, 1.54) is 0 Å². The zero-order valence-corrected chi connectivity index (χ0v) is 8.23. The average molecular weight is 193 g/mol. The van der Waals surface area contributed by atoms with E-state index in [1.807, 2.05) is 12.2 Å². The van der Waals surface area contributed by atoms with E-state index in [-0.39, 0.29) is 0 Å². The normalized spacial score (nSPS) is 10.7. The van der Waals surface area contributed by atoms with Crippen molar-refractivity contribution in [1.82, 2.24) is 4.98 Å². The number of rotatable bonds is 4. The number of nitrogens with zero attached hydrogens (tertiary/aromatic N) is 1. The van der Waals surface area contributed by atoms with Gasteiger partial charge in [-0.25, -0.2) is 4.98 Å². The number of aromatic nitrogens is 1. The van der Waals surface area contributed by atoms with Crippen LogP contribution < -0.4 is 16.2 Å². The van der Waals surface area contributed by atoms with Gasteiger partial charge in [0.05, 0.1) is 18.5 Å². The van der Waals surface area contributed by atoms with Gasteiger partial charge in [0.2, 0.25) is 5.88 Å². The Hall–Kier alpha value is -1.55. The van der Waals surface area contributed by atoms with Crippen LogP contribution in [0.3, 0.4) is 0 Å². The van der Waals surface area contributed by atoms with Gasteiger partial charge in [-0.15, -0.1) is 0 Å². The van der Waals surface area contributed by atoms with E-state index in [4.69, 9.17) is 16.2 Å². The molecule has 1 rings (SSSR count).